The normalized spacial score (nSPS) is 13.5. The highest BCUT2D eigenvalue weighted by Gasteiger charge is 2.27. The summed E-state index contributed by atoms with van der Waals surface area (Å²) in [7, 11) is 3.80. The van der Waals surface area contributed by atoms with Crippen LogP contribution in [0.2, 0.25) is 0 Å². The molecule has 1 aliphatic rings. The molecule has 0 atom stereocenters. The third-order valence-electron chi connectivity index (χ3n) is 6.19. The first-order valence-corrected chi connectivity index (χ1v) is 10.6. The number of hydrogen-bond donors (Lipinski definition) is 0. The van der Waals surface area contributed by atoms with E-state index >= 15 is 0 Å². The van der Waals surface area contributed by atoms with Crippen LogP contribution in [0.15, 0.2) is 41.0 Å². The molecule has 1 amide bonds. The van der Waals surface area contributed by atoms with Crippen molar-refractivity contribution in [2.45, 2.75) is 33.2 Å². The highest BCUT2D eigenvalue weighted by Crippen LogP contribution is 2.30. The Hall–Kier alpha value is -2.79. The smallest absolute Gasteiger partial charge is 0.254 e. The van der Waals surface area contributed by atoms with Crippen molar-refractivity contribution in [2.24, 2.45) is 0 Å². The maximum absolute atomic E-state index is 12.7. The summed E-state index contributed by atoms with van der Waals surface area (Å²) in [5, 5.41) is 1.12. The molecule has 1 aliphatic heterocycles. The Balaban J connectivity index is 1.27. The zero-order valence-corrected chi connectivity index (χ0v) is 18.3. The fourth-order valence-corrected chi connectivity index (χ4v) is 4.23. The number of carbonyl (C=O) groups excluding carboxylic acids is 1. The minimum atomic E-state index is 0.176. The largest absolute Gasteiger partial charge is 0.493 e. The van der Waals surface area contributed by atoms with Gasteiger partial charge >= 0.3 is 0 Å². The number of likely N-dealkylation sites (N-methyl/N-ethyl adjacent to an activating group) is 1. The maximum Gasteiger partial charge on any atom is 0.254 e. The van der Waals surface area contributed by atoms with Gasteiger partial charge in [-0.25, -0.2) is 0 Å². The number of aryl methyl sites for hydroxylation is 2. The third-order valence-corrected chi connectivity index (χ3v) is 6.19. The molecule has 4 rings (SSSR count). The van der Waals surface area contributed by atoms with Crippen LogP contribution in [0.1, 0.15) is 39.0 Å². The van der Waals surface area contributed by atoms with Gasteiger partial charge < -0.3 is 19.0 Å². The summed E-state index contributed by atoms with van der Waals surface area (Å²) < 4.78 is 11.1. The SMILES string of the molecule is COc1cccc2c(CCN(C)CCCN3Cc4cc(C)c(C)cc4C3=O)coc12. The van der Waals surface area contributed by atoms with E-state index in [1.807, 2.05) is 29.4 Å². The molecule has 0 saturated carbocycles. The quantitative estimate of drug-likeness (QED) is 0.549. The Kier molecular flexibility index (Phi) is 5.82. The molecule has 3 aromatic rings. The van der Waals surface area contributed by atoms with Crippen LogP contribution < -0.4 is 4.74 Å². The van der Waals surface area contributed by atoms with Crippen molar-refractivity contribution in [3.8, 4) is 5.75 Å². The van der Waals surface area contributed by atoms with Crippen LogP contribution in [0.5, 0.6) is 5.75 Å². The molecule has 0 radical (unpaired) electrons. The van der Waals surface area contributed by atoms with Crippen molar-refractivity contribution < 1.29 is 13.9 Å². The molecule has 0 spiro atoms. The first-order valence-electron chi connectivity index (χ1n) is 10.6. The van der Waals surface area contributed by atoms with E-state index in [2.05, 4.69) is 37.9 Å². The van der Waals surface area contributed by atoms with E-state index in [-0.39, 0.29) is 5.91 Å². The second-order valence-corrected chi connectivity index (χ2v) is 8.33. The number of furan rings is 1. The summed E-state index contributed by atoms with van der Waals surface area (Å²) in [6.07, 6.45) is 3.72. The van der Waals surface area contributed by atoms with Gasteiger partial charge in [0, 0.05) is 30.6 Å². The molecule has 30 heavy (non-hydrogen) atoms. The zero-order chi connectivity index (χ0) is 21.3. The number of nitrogens with zero attached hydrogens (tertiary/aromatic N) is 2. The number of methoxy groups -OCH3 is 1. The molecule has 0 N–H and O–H groups in total. The standard InChI is InChI=1S/C25H30N2O3/c1-17-13-20-15-27(25(28)22(20)14-18(17)2)11-6-10-26(3)12-9-19-16-30-24-21(19)7-5-8-23(24)29-4/h5,7-8,13-14,16H,6,9-12,15H2,1-4H3. The van der Waals surface area contributed by atoms with E-state index in [4.69, 9.17) is 9.15 Å². The molecule has 158 valence electrons. The van der Waals surface area contributed by atoms with Crippen molar-refractivity contribution in [3.63, 3.8) is 0 Å². The Morgan fingerprint density at radius 1 is 1.17 bits per heavy atom. The lowest BCUT2D eigenvalue weighted by atomic mass is 10.0. The third kappa shape index (κ3) is 3.94. The average Bonchev–Trinajstić information content (AvgIpc) is 3.28. The van der Waals surface area contributed by atoms with E-state index < -0.39 is 0 Å². The Morgan fingerprint density at radius 3 is 2.77 bits per heavy atom. The summed E-state index contributed by atoms with van der Waals surface area (Å²) in [5.74, 6) is 0.948. The molecular formula is C25H30N2O3. The summed E-state index contributed by atoms with van der Waals surface area (Å²) >= 11 is 0. The van der Waals surface area contributed by atoms with Gasteiger partial charge in [-0.05, 0) is 74.7 Å². The highest BCUT2D eigenvalue weighted by atomic mass is 16.5. The Morgan fingerprint density at radius 2 is 1.97 bits per heavy atom. The Labute approximate surface area is 178 Å². The molecule has 5 nitrogen and oxygen atoms in total. The molecule has 0 fully saturated rings. The number of amides is 1. The van der Waals surface area contributed by atoms with Crippen LogP contribution in [0.4, 0.5) is 0 Å². The van der Waals surface area contributed by atoms with Crippen LogP contribution in [-0.4, -0.2) is 49.5 Å². The van der Waals surface area contributed by atoms with Crippen molar-refractivity contribution >= 4 is 16.9 Å². The maximum atomic E-state index is 12.7. The minimum Gasteiger partial charge on any atom is -0.493 e. The number of para-hydroxylation sites is 1. The summed E-state index contributed by atoms with van der Waals surface area (Å²) in [4.78, 5) is 17.0. The molecule has 2 heterocycles. The number of ether oxygens (including phenoxy) is 1. The molecule has 5 heteroatoms. The van der Waals surface area contributed by atoms with Crippen LogP contribution in [0.3, 0.4) is 0 Å². The van der Waals surface area contributed by atoms with E-state index in [9.17, 15) is 4.79 Å². The first kappa shape index (κ1) is 20.5. The fraction of sp³-hybridized carbons (Fsp3) is 0.400. The van der Waals surface area contributed by atoms with Crippen LogP contribution >= 0.6 is 0 Å². The van der Waals surface area contributed by atoms with E-state index in [0.717, 1.165) is 61.3 Å². The van der Waals surface area contributed by atoms with Gasteiger partial charge in [0.15, 0.2) is 11.3 Å². The lowest BCUT2D eigenvalue weighted by Crippen LogP contribution is -2.29. The topological polar surface area (TPSA) is 45.9 Å². The van der Waals surface area contributed by atoms with Crippen LogP contribution in [0, 0.1) is 13.8 Å². The lowest BCUT2D eigenvalue weighted by molar-refractivity contribution is 0.0772. The Bertz CT molecular complexity index is 1070. The molecule has 0 unspecified atom stereocenters. The van der Waals surface area contributed by atoms with E-state index in [1.54, 1.807) is 7.11 Å². The lowest BCUT2D eigenvalue weighted by Gasteiger charge is -2.20. The van der Waals surface area contributed by atoms with Crippen LogP contribution in [0.25, 0.3) is 11.0 Å². The van der Waals surface area contributed by atoms with Crippen molar-refractivity contribution in [1.29, 1.82) is 0 Å². The van der Waals surface area contributed by atoms with Gasteiger partial charge in [-0.2, -0.15) is 0 Å². The van der Waals surface area contributed by atoms with Gasteiger partial charge in [0.05, 0.1) is 13.4 Å². The average molecular weight is 407 g/mol. The minimum absolute atomic E-state index is 0.176. The zero-order valence-electron chi connectivity index (χ0n) is 18.3. The van der Waals surface area contributed by atoms with Crippen molar-refractivity contribution in [1.82, 2.24) is 9.80 Å². The summed E-state index contributed by atoms with van der Waals surface area (Å²) in [5.41, 5.74) is 6.51. The number of carbonyl (C=O) groups is 1. The summed E-state index contributed by atoms with van der Waals surface area (Å²) in [6.45, 7) is 7.61. The predicted octanol–water partition coefficient (Wildman–Crippen LogP) is 4.58. The van der Waals surface area contributed by atoms with Crippen molar-refractivity contribution in [2.75, 3.05) is 33.8 Å². The second kappa shape index (κ2) is 8.52. The predicted molar refractivity (Wildman–Crippen MR) is 119 cm³/mol. The first-order chi connectivity index (χ1) is 14.5. The fourth-order valence-electron chi connectivity index (χ4n) is 4.23. The van der Waals surface area contributed by atoms with E-state index in [1.165, 1.54) is 22.3 Å². The highest BCUT2D eigenvalue weighted by molar-refractivity contribution is 5.98. The molecule has 1 aromatic heterocycles. The molecule has 2 aromatic carbocycles. The van der Waals surface area contributed by atoms with Gasteiger partial charge in [0.2, 0.25) is 0 Å². The van der Waals surface area contributed by atoms with Crippen LogP contribution in [-0.2, 0) is 13.0 Å². The van der Waals surface area contributed by atoms with Gasteiger partial charge in [0.25, 0.3) is 5.91 Å². The second-order valence-electron chi connectivity index (χ2n) is 8.33. The summed E-state index contributed by atoms with van der Waals surface area (Å²) in [6, 6.07) is 10.2. The molecule has 0 bridgehead atoms. The molecular weight excluding hydrogens is 376 g/mol. The monoisotopic (exact) mass is 406 g/mol. The number of hydrogen-bond acceptors (Lipinski definition) is 4. The van der Waals surface area contributed by atoms with Gasteiger partial charge in [0.1, 0.15) is 0 Å². The number of benzene rings is 2. The van der Waals surface area contributed by atoms with Crippen molar-refractivity contribution in [3.05, 3.63) is 64.4 Å². The van der Waals surface area contributed by atoms with E-state index in [0.29, 0.717) is 0 Å². The molecule has 0 saturated heterocycles. The van der Waals surface area contributed by atoms with Gasteiger partial charge in [-0.15, -0.1) is 0 Å². The number of rotatable bonds is 8. The molecule has 0 aliphatic carbocycles. The number of fused-ring (bicyclic) bond motifs is 2. The van der Waals surface area contributed by atoms with Gasteiger partial charge in [-0.3, -0.25) is 4.79 Å². The van der Waals surface area contributed by atoms with Gasteiger partial charge in [-0.1, -0.05) is 18.2 Å².